The highest BCUT2D eigenvalue weighted by molar-refractivity contribution is 9.11. The first-order chi connectivity index (χ1) is 12.0. The number of rotatable bonds is 3. The number of phenolic OH excluding ortho intramolecular Hbond substituents is 1. The molecule has 0 bridgehead atoms. The maximum absolute atomic E-state index is 12.2. The summed E-state index contributed by atoms with van der Waals surface area (Å²) in [5, 5.41) is 13.8. The number of amides is 1. The molecule has 9 heteroatoms. The van der Waals surface area contributed by atoms with Crippen molar-refractivity contribution in [1.29, 1.82) is 0 Å². The Balaban J connectivity index is 1.67. The van der Waals surface area contributed by atoms with Crippen LogP contribution in [-0.2, 0) is 4.79 Å². The molecule has 1 aliphatic rings. The number of nitrogens with one attached hydrogen (secondary N) is 1. The van der Waals surface area contributed by atoms with Gasteiger partial charge in [0.2, 0.25) is 6.10 Å². The second-order valence-electron chi connectivity index (χ2n) is 5.01. The van der Waals surface area contributed by atoms with Gasteiger partial charge in [-0.15, -0.1) is 0 Å². The van der Waals surface area contributed by atoms with Crippen LogP contribution in [-0.4, -0.2) is 29.9 Å². The van der Waals surface area contributed by atoms with Crippen LogP contribution in [0.25, 0.3) is 0 Å². The van der Waals surface area contributed by atoms with E-state index in [1.807, 2.05) is 6.07 Å². The van der Waals surface area contributed by atoms with Gasteiger partial charge in [0.05, 0.1) is 15.2 Å². The van der Waals surface area contributed by atoms with Crippen LogP contribution in [0.3, 0.4) is 0 Å². The SMILES string of the molecule is O=C(N/N=C\c1c(Br)cc(Br)c(O)c1Br)[C@H]1COc2ccccc2O1. The molecule has 130 valence electrons. The molecule has 0 unspecified atom stereocenters. The lowest BCUT2D eigenvalue weighted by atomic mass is 10.2. The predicted octanol–water partition coefficient (Wildman–Crippen LogP) is 3.97. The van der Waals surface area contributed by atoms with Crippen LogP contribution in [0.1, 0.15) is 5.56 Å². The van der Waals surface area contributed by atoms with Gasteiger partial charge >= 0.3 is 0 Å². The van der Waals surface area contributed by atoms with Gasteiger partial charge in [0, 0.05) is 10.0 Å². The molecule has 6 nitrogen and oxygen atoms in total. The fourth-order valence-electron chi connectivity index (χ4n) is 2.09. The molecule has 0 aliphatic carbocycles. The van der Waals surface area contributed by atoms with Crippen molar-refractivity contribution in [1.82, 2.24) is 5.43 Å². The number of nitrogens with zero attached hydrogens (tertiary/aromatic N) is 1. The van der Waals surface area contributed by atoms with Crippen molar-refractivity contribution in [3.8, 4) is 17.2 Å². The molecule has 0 saturated heterocycles. The standard InChI is InChI=1S/C16H11Br3N2O4/c17-9-5-10(18)15(22)14(19)8(9)6-20-21-16(23)13-7-24-11-3-1-2-4-12(11)25-13/h1-6,13,22H,7H2,(H,21,23)/b20-6-/t13-/m1/s1. The normalized spacial score (nSPS) is 16.0. The second kappa shape index (κ2) is 7.76. The number of carbonyl (C=O) groups excluding carboxylic acids is 1. The lowest BCUT2D eigenvalue weighted by Crippen LogP contribution is -2.42. The summed E-state index contributed by atoms with van der Waals surface area (Å²) in [6.45, 7) is 0.102. The topological polar surface area (TPSA) is 80.2 Å². The van der Waals surface area contributed by atoms with Crippen LogP contribution in [0.4, 0.5) is 0 Å². The summed E-state index contributed by atoms with van der Waals surface area (Å²) in [6.07, 6.45) is 0.618. The zero-order chi connectivity index (χ0) is 18.0. The summed E-state index contributed by atoms with van der Waals surface area (Å²) >= 11 is 9.89. The Kier molecular flexibility index (Phi) is 5.65. The molecule has 2 N–H and O–H groups in total. The smallest absolute Gasteiger partial charge is 0.284 e. The predicted molar refractivity (Wildman–Crippen MR) is 103 cm³/mol. The van der Waals surface area contributed by atoms with Crippen LogP contribution < -0.4 is 14.9 Å². The summed E-state index contributed by atoms with van der Waals surface area (Å²) in [7, 11) is 0. The minimum atomic E-state index is -0.794. The number of fused-ring (bicyclic) bond motifs is 1. The van der Waals surface area contributed by atoms with Crippen molar-refractivity contribution < 1.29 is 19.4 Å². The monoisotopic (exact) mass is 532 g/mol. The average Bonchev–Trinajstić information content (AvgIpc) is 2.62. The Morgan fingerprint density at radius 2 is 1.96 bits per heavy atom. The summed E-state index contributed by atoms with van der Waals surface area (Å²) in [6, 6.07) is 8.82. The average molecular weight is 535 g/mol. The van der Waals surface area contributed by atoms with Crippen LogP contribution in [0.15, 0.2) is 48.9 Å². The Morgan fingerprint density at radius 1 is 1.24 bits per heavy atom. The molecule has 0 radical (unpaired) electrons. The molecule has 0 saturated carbocycles. The van der Waals surface area contributed by atoms with Gasteiger partial charge < -0.3 is 14.6 Å². The molecule has 1 atom stereocenters. The van der Waals surface area contributed by atoms with E-state index >= 15 is 0 Å². The van der Waals surface area contributed by atoms with Crippen LogP contribution in [0.5, 0.6) is 17.2 Å². The fourth-order valence-corrected chi connectivity index (χ4v) is 4.42. The highest BCUT2D eigenvalue weighted by Crippen LogP contribution is 2.38. The minimum Gasteiger partial charge on any atom is -0.506 e. The molecule has 2 aromatic rings. The number of ether oxygens (including phenoxy) is 2. The molecular weight excluding hydrogens is 524 g/mol. The van der Waals surface area contributed by atoms with Crippen LogP contribution >= 0.6 is 47.8 Å². The van der Waals surface area contributed by atoms with E-state index in [9.17, 15) is 9.90 Å². The molecular formula is C16H11Br3N2O4. The maximum atomic E-state index is 12.2. The van der Waals surface area contributed by atoms with Gasteiger partial charge in [-0.2, -0.15) is 5.10 Å². The molecule has 25 heavy (non-hydrogen) atoms. The van der Waals surface area contributed by atoms with E-state index in [4.69, 9.17) is 9.47 Å². The van der Waals surface area contributed by atoms with Crippen molar-refractivity contribution in [3.63, 3.8) is 0 Å². The van der Waals surface area contributed by atoms with Gasteiger partial charge in [-0.1, -0.05) is 28.1 Å². The Hall–Kier alpha value is -1.58. The van der Waals surface area contributed by atoms with E-state index in [1.54, 1.807) is 24.3 Å². The molecule has 2 aromatic carbocycles. The van der Waals surface area contributed by atoms with Crippen LogP contribution in [0.2, 0.25) is 0 Å². The Labute approximate surface area is 168 Å². The summed E-state index contributed by atoms with van der Waals surface area (Å²) in [5.74, 6) is 0.727. The number of para-hydroxylation sites is 2. The van der Waals surface area contributed by atoms with E-state index in [1.165, 1.54) is 6.21 Å². The number of carbonyl (C=O) groups is 1. The van der Waals surface area contributed by atoms with Crippen molar-refractivity contribution in [3.05, 3.63) is 49.3 Å². The second-order valence-corrected chi connectivity index (χ2v) is 7.52. The number of halogens is 3. The molecule has 0 fully saturated rings. The molecule has 1 aliphatic heterocycles. The first-order valence-electron chi connectivity index (χ1n) is 7.05. The number of hydrogen-bond donors (Lipinski definition) is 2. The molecule has 0 spiro atoms. The molecule has 1 heterocycles. The lowest BCUT2D eigenvalue weighted by molar-refractivity contribution is -0.130. The van der Waals surface area contributed by atoms with E-state index in [2.05, 4.69) is 58.3 Å². The Morgan fingerprint density at radius 3 is 2.72 bits per heavy atom. The molecule has 3 rings (SSSR count). The zero-order valence-electron chi connectivity index (χ0n) is 12.5. The number of phenols is 1. The van der Waals surface area contributed by atoms with Gasteiger partial charge in [-0.05, 0) is 50.1 Å². The summed E-state index contributed by atoms with van der Waals surface area (Å²) in [5.41, 5.74) is 2.99. The molecule has 0 aromatic heterocycles. The van der Waals surface area contributed by atoms with Crippen molar-refractivity contribution in [2.45, 2.75) is 6.10 Å². The first kappa shape index (κ1) is 18.2. The quantitative estimate of drug-likeness (QED) is 0.461. The fraction of sp³-hybridized carbons (Fsp3) is 0.125. The highest BCUT2D eigenvalue weighted by atomic mass is 79.9. The van der Waals surface area contributed by atoms with E-state index in [-0.39, 0.29) is 12.4 Å². The number of hydrogen-bond acceptors (Lipinski definition) is 5. The van der Waals surface area contributed by atoms with Gasteiger partial charge in [0.25, 0.3) is 5.91 Å². The number of benzene rings is 2. The van der Waals surface area contributed by atoms with Gasteiger partial charge in [0.1, 0.15) is 12.4 Å². The van der Waals surface area contributed by atoms with E-state index < -0.39 is 12.0 Å². The molecule has 1 amide bonds. The van der Waals surface area contributed by atoms with Gasteiger partial charge in [0.15, 0.2) is 11.5 Å². The minimum absolute atomic E-state index is 0.0385. The zero-order valence-corrected chi connectivity index (χ0v) is 17.3. The van der Waals surface area contributed by atoms with E-state index in [0.29, 0.717) is 30.5 Å². The third kappa shape index (κ3) is 3.99. The summed E-state index contributed by atoms with van der Waals surface area (Å²) in [4.78, 5) is 12.2. The van der Waals surface area contributed by atoms with Crippen molar-refractivity contribution >= 4 is 59.9 Å². The number of hydrazone groups is 1. The largest absolute Gasteiger partial charge is 0.506 e. The third-order valence-corrected chi connectivity index (χ3v) is 5.41. The summed E-state index contributed by atoms with van der Waals surface area (Å²) < 4.78 is 12.8. The maximum Gasteiger partial charge on any atom is 0.284 e. The first-order valence-corrected chi connectivity index (χ1v) is 9.43. The van der Waals surface area contributed by atoms with Gasteiger partial charge in [-0.25, -0.2) is 5.43 Å². The Bertz CT molecular complexity index is 858. The van der Waals surface area contributed by atoms with Crippen LogP contribution in [0, 0.1) is 0 Å². The third-order valence-electron chi connectivity index (χ3n) is 3.35. The van der Waals surface area contributed by atoms with Crippen molar-refractivity contribution in [2.75, 3.05) is 6.61 Å². The highest BCUT2D eigenvalue weighted by Gasteiger charge is 2.27. The number of aromatic hydroxyl groups is 1. The van der Waals surface area contributed by atoms with E-state index in [0.717, 1.165) is 0 Å². The van der Waals surface area contributed by atoms with Gasteiger partial charge in [-0.3, -0.25) is 4.79 Å². The lowest BCUT2D eigenvalue weighted by Gasteiger charge is -2.24. The van der Waals surface area contributed by atoms with Crippen molar-refractivity contribution in [2.24, 2.45) is 5.10 Å².